The van der Waals surface area contributed by atoms with Crippen molar-refractivity contribution in [3.8, 4) is 5.82 Å². The molecule has 15 heavy (non-hydrogen) atoms. The van der Waals surface area contributed by atoms with Crippen molar-refractivity contribution in [2.45, 2.75) is 20.8 Å². The predicted molar refractivity (Wildman–Crippen MR) is 65.5 cm³/mol. The van der Waals surface area contributed by atoms with Crippen LogP contribution in [0.15, 0.2) is 28.9 Å². The number of halogens is 1. The smallest absolute Gasteiger partial charge is 0.138 e. The maximum absolute atomic E-state index is 4.48. The summed E-state index contributed by atoms with van der Waals surface area (Å²) in [7, 11) is 0. The molecular formula is C12H13BrN2. The summed E-state index contributed by atoms with van der Waals surface area (Å²) < 4.78 is 3.03. The second-order valence-electron chi connectivity index (χ2n) is 3.78. The van der Waals surface area contributed by atoms with Crippen molar-refractivity contribution < 1.29 is 0 Å². The largest absolute Gasteiger partial charge is 0.303 e. The summed E-state index contributed by atoms with van der Waals surface area (Å²) in [6, 6.07) is 8.31. The number of pyridine rings is 1. The Morgan fingerprint density at radius 2 is 1.67 bits per heavy atom. The summed E-state index contributed by atoms with van der Waals surface area (Å²) in [4.78, 5) is 4.48. The van der Waals surface area contributed by atoms with E-state index in [4.69, 9.17) is 0 Å². The first-order valence-corrected chi connectivity index (χ1v) is 5.67. The van der Waals surface area contributed by atoms with E-state index >= 15 is 0 Å². The number of nitrogens with zero attached hydrogens (tertiary/aromatic N) is 2. The molecule has 78 valence electrons. The minimum atomic E-state index is 0.880. The molecule has 2 aromatic rings. The molecule has 0 saturated carbocycles. The van der Waals surface area contributed by atoms with Gasteiger partial charge in [0.2, 0.25) is 0 Å². The quantitative estimate of drug-likeness (QED) is 0.721. The summed E-state index contributed by atoms with van der Waals surface area (Å²) >= 11 is 3.42. The van der Waals surface area contributed by atoms with Gasteiger partial charge in [-0.15, -0.1) is 0 Å². The molecule has 0 spiro atoms. The normalized spacial score (nSPS) is 10.7. The van der Waals surface area contributed by atoms with Crippen LogP contribution in [0.1, 0.15) is 17.0 Å². The molecule has 2 heterocycles. The Morgan fingerprint density at radius 3 is 2.20 bits per heavy atom. The van der Waals surface area contributed by atoms with Crippen LogP contribution in [-0.2, 0) is 0 Å². The van der Waals surface area contributed by atoms with Gasteiger partial charge in [-0.2, -0.15) is 0 Å². The zero-order valence-corrected chi connectivity index (χ0v) is 10.7. The highest BCUT2D eigenvalue weighted by atomic mass is 79.9. The van der Waals surface area contributed by atoms with Gasteiger partial charge in [-0.05, 0) is 66.5 Å². The predicted octanol–water partition coefficient (Wildman–Crippen LogP) is 3.56. The van der Waals surface area contributed by atoms with Crippen molar-refractivity contribution in [1.29, 1.82) is 0 Å². The van der Waals surface area contributed by atoms with Crippen LogP contribution in [0.3, 0.4) is 0 Å². The highest BCUT2D eigenvalue weighted by Crippen LogP contribution is 2.18. The number of hydrogen-bond acceptors (Lipinski definition) is 1. The lowest BCUT2D eigenvalue weighted by Crippen LogP contribution is -2.02. The average molecular weight is 265 g/mol. The highest BCUT2D eigenvalue weighted by Gasteiger charge is 2.06. The van der Waals surface area contributed by atoms with Crippen LogP contribution in [0.25, 0.3) is 5.82 Å². The molecule has 0 radical (unpaired) electrons. The molecule has 0 saturated heterocycles. The van der Waals surface area contributed by atoms with Crippen molar-refractivity contribution in [1.82, 2.24) is 9.55 Å². The van der Waals surface area contributed by atoms with Crippen LogP contribution in [-0.4, -0.2) is 9.55 Å². The lowest BCUT2D eigenvalue weighted by molar-refractivity contribution is 0.914. The van der Waals surface area contributed by atoms with E-state index in [1.54, 1.807) is 0 Å². The van der Waals surface area contributed by atoms with Gasteiger partial charge in [0.25, 0.3) is 0 Å². The number of hydrogen-bond donors (Lipinski definition) is 0. The molecule has 0 aliphatic carbocycles. The Bertz CT molecular complexity index is 461. The van der Waals surface area contributed by atoms with Crippen LogP contribution < -0.4 is 0 Å². The van der Waals surface area contributed by atoms with Crippen LogP contribution in [0.5, 0.6) is 0 Å². The summed E-state index contributed by atoms with van der Waals surface area (Å²) in [5.74, 6) is 0.974. The van der Waals surface area contributed by atoms with Gasteiger partial charge < -0.3 is 4.57 Å². The third kappa shape index (κ3) is 1.97. The SMILES string of the molecule is Cc1cc(Br)nc(-n2c(C)ccc2C)c1. The monoisotopic (exact) mass is 264 g/mol. The average Bonchev–Trinajstić information content (AvgIpc) is 2.44. The minimum Gasteiger partial charge on any atom is -0.303 e. The zero-order chi connectivity index (χ0) is 11.0. The van der Waals surface area contributed by atoms with Crippen molar-refractivity contribution >= 4 is 15.9 Å². The van der Waals surface area contributed by atoms with Gasteiger partial charge in [-0.25, -0.2) is 4.98 Å². The fourth-order valence-electron chi connectivity index (χ4n) is 1.75. The Kier molecular flexibility index (Phi) is 2.65. The third-order valence-electron chi connectivity index (χ3n) is 2.43. The second kappa shape index (κ2) is 3.81. The van der Waals surface area contributed by atoms with E-state index in [1.807, 2.05) is 6.07 Å². The van der Waals surface area contributed by atoms with Crippen molar-refractivity contribution in [3.05, 3.63) is 45.8 Å². The maximum atomic E-state index is 4.48. The van der Waals surface area contributed by atoms with Gasteiger partial charge in [-0.3, -0.25) is 0 Å². The van der Waals surface area contributed by atoms with Crippen molar-refractivity contribution in [2.24, 2.45) is 0 Å². The first kappa shape index (κ1) is 10.4. The summed E-state index contributed by atoms with van der Waals surface area (Å²) in [6.45, 7) is 6.25. The summed E-state index contributed by atoms with van der Waals surface area (Å²) in [6.07, 6.45) is 0. The molecule has 2 rings (SSSR count). The van der Waals surface area contributed by atoms with Gasteiger partial charge in [0.1, 0.15) is 10.4 Å². The highest BCUT2D eigenvalue weighted by molar-refractivity contribution is 9.10. The van der Waals surface area contributed by atoms with Crippen LogP contribution in [0.2, 0.25) is 0 Å². The van der Waals surface area contributed by atoms with Crippen LogP contribution in [0, 0.1) is 20.8 Å². The van der Waals surface area contributed by atoms with Gasteiger partial charge in [-0.1, -0.05) is 0 Å². The Hall–Kier alpha value is -1.09. The minimum absolute atomic E-state index is 0.880. The lowest BCUT2D eigenvalue weighted by atomic mass is 10.3. The molecule has 2 aromatic heterocycles. The van der Waals surface area contributed by atoms with Gasteiger partial charge >= 0.3 is 0 Å². The van der Waals surface area contributed by atoms with E-state index in [0.717, 1.165) is 10.4 Å². The first-order chi connectivity index (χ1) is 7.08. The Morgan fingerprint density at radius 1 is 1.07 bits per heavy atom. The van der Waals surface area contributed by atoms with Crippen molar-refractivity contribution in [2.75, 3.05) is 0 Å². The molecule has 0 fully saturated rings. The summed E-state index contributed by atoms with van der Waals surface area (Å²) in [5.41, 5.74) is 3.62. The van der Waals surface area contributed by atoms with Gasteiger partial charge in [0.05, 0.1) is 0 Å². The molecule has 0 aliphatic rings. The molecular weight excluding hydrogens is 252 g/mol. The molecule has 0 atom stereocenters. The van der Waals surface area contributed by atoms with E-state index in [1.165, 1.54) is 17.0 Å². The van der Waals surface area contributed by atoms with E-state index in [-0.39, 0.29) is 0 Å². The number of aromatic nitrogens is 2. The lowest BCUT2D eigenvalue weighted by Gasteiger charge is -2.09. The molecule has 0 unspecified atom stereocenters. The topological polar surface area (TPSA) is 17.8 Å². The van der Waals surface area contributed by atoms with Gasteiger partial charge in [0, 0.05) is 11.4 Å². The van der Waals surface area contributed by atoms with E-state index < -0.39 is 0 Å². The van der Waals surface area contributed by atoms with Crippen LogP contribution >= 0.6 is 15.9 Å². The van der Waals surface area contributed by atoms with Crippen LogP contribution in [0.4, 0.5) is 0 Å². The van der Waals surface area contributed by atoms with Gasteiger partial charge in [0.15, 0.2) is 0 Å². The Labute approximate surface area is 98.1 Å². The molecule has 0 amide bonds. The van der Waals surface area contributed by atoms with E-state index in [2.05, 4.69) is 64.5 Å². The first-order valence-electron chi connectivity index (χ1n) is 4.87. The zero-order valence-electron chi connectivity index (χ0n) is 9.08. The Balaban J connectivity index is 2.63. The molecule has 0 bridgehead atoms. The molecule has 0 aromatic carbocycles. The third-order valence-corrected chi connectivity index (χ3v) is 2.83. The standard InChI is InChI=1S/C12H13BrN2/c1-8-6-11(13)14-12(7-8)15-9(2)4-5-10(15)3/h4-7H,1-3H3. The fourth-order valence-corrected chi connectivity index (χ4v) is 2.29. The molecule has 0 N–H and O–H groups in total. The van der Waals surface area contributed by atoms with E-state index in [9.17, 15) is 0 Å². The van der Waals surface area contributed by atoms with E-state index in [0.29, 0.717) is 0 Å². The molecule has 2 nitrogen and oxygen atoms in total. The van der Waals surface area contributed by atoms with Crippen molar-refractivity contribution in [3.63, 3.8) is 0 Å². The molecule has 0 aliphatic heterocycles. The number of rotatable bonds is 1. The maximum Gasteiger partial charge on any atom is 0.138 e. The molecule has 3 heteroatoms. The summed E-state index contributed by atoms with van der Waals surface area (Å²) in [5, 5.41) is 0. The second-order valence-corrected chi connectivity index (χ2v) is 4.59. The number of aryl methyl sites for hydroxylation is 3. The fraction of sp³-hybridized carbons (Fsp3) is 0.250.